The molecule has 0 saturated heterocycles. The Bertz CT molecular complexity index is 748. The Kier molecular flexibility index (Phi) is 9.29. The third-order valence-corrected chi connectivity index (χ3v) is 6.95. The molecule has 1 aromatic heterocycles. The molecule has 1 fully saturated rings. The quantitative estimate of drug-likeness (QED) is 0.351. The highest BCUT2D eigenvalue weighted by molar-refractivity contribution is 5.59. The first-order valence-corrected chi connectivity index (χ1v) is 12.3. The van der Waals surface area contributed by atoms with Crippen LogP contribution in [0.15, 0.2) is 30.3 Å². The fourth-order valence-corrected chi connectivity index (χ4v) is 4.77. The summed E-state index contributed by atoms with van der Waals surface area (Å²) in [5.41, 5.74) is 3.30. The van der Waals surface area contributed by atoms with Crippen LogP contribution in [0, 0.1) is 17.7 Å². The maximum atomic E-state index is 14.7. The molecule has 0 bridgehead atoms. The number of halogens is 1. The van der Waals surface area contributed by atoms with E-state index in [4.69, 9.17) is 0 Å². The summed E-state index contributed by atoms with van der Waals surface area (Å²) in [7, 11) is 0. The zero-order valence-corrected chi connectivity index (χ0v) is 19.0. The SMILES string of the molecule is CCCCCCCc1ccc(-c2ccc(CCC3CCC(CC)CC3)nn2)c(F)c1. The van der Waals surface area contributed by atoms with Gasteiger partial charge >= 0.3 is 0 Å². The van der Waals surface area contributed by atoms with Gasteiger partial charge in [0.1, 0.15) is 5.82 Å². The third kappa shape index (κ3) is 6.89. The van der Waals surface area contributed by atoms with Crippen molar-refractivity contribution in [1.29, 1.82) is 0 Å². The molecule has 1 aliphatic rings. The number of unbranched alkanes of at least 4 members (excludes halogenated alkanes) is 4. The molecule has 0 aliphatic heterocycles. The average molecular weight is 411 g/mol. The van der Waals surface area contributed by atoms with Gasteiger partial charge in [-0.05, 0) is 67.3 Å². The first-order valence-electron chi connectivity index (χ1n) is 12.3. The van der Waals surface area contributed by atoms with E-state index in [0.29, 0.717) is 11.3 Å². The van der Waals surface area contributed by atoms with Gasteiger partial charge in [0, 0.05) is 5.56 Å². The van der Waals surface area contributed by atoms with Crippen molar-refractivity contribution >= 4 is 0 Å². The Morgan fingerprint density at radius 3 is 2.27 bits per heavy atom. The average Bonchev–Trinajstić information content (AvgIpc) is 2.78. The Hall–Kier alpha value is -1.77. The highest BCUT2D eigenvalue weighted by Crippen LogP contribution is 2.33. The van der Waals surface area contributed by atoms with E-state index in [2.05, 4.69) is 24.0 Å². The number of aromatic nitrogens is 2. The second-order valence-corrected chi connectivity index (χ2v) is 9.22. The van der Waals surface area contributed by atoms with Crippen molar-refractivity contribution in [2.24, 2.45) is 11.8 Å². The van der Waals surface area contributed by atoms with E-state index in [1.165, 1.54) is 64.2 Å². The minimum Gasteiger partial charge on any atom is -0.206 e. The van der Waals surface area contributed by atoms with E-state index in [1.54, 1.807) is 6.07 Å². The number of aryl methyl sites for hydroxylation is 2. The van der Waals surface area contributed by atoms with E-state index in [1.807, 2.05) is 24.3 Å². The van der Waals surface area contributed by atoms with Gasteiger partial charge < -0.3 is 0 Å². The van der Waals surface area contributed by atoms with Gasteiger partial charge in [-0.3, -0.25) is 0 Å². The monoisotopic (exact) mass is 410 g/mol. The molecule has 3 heteroatoms. The minimum absolute atomic E-state index is 0.184. The van der Waals surface area contributed by atoms with Crippen molar-refractivity contribution in [2.45, 2.75) is 97.3 Å². The van der Waals surface area contributed by atoms with Crippen molar-refractivity contribution in [3.63, 3.8) is 0 Å². The maximum Gasteiger partial charge on any atom is 0.132 e. The van der Waals surface area contributed by atoms with E-state index in [-0.39, 0.29) is 5.82 Å². The largest absolute Gasteiger partial charge is 0.206 e. The van der Waals surface area contributed by atoms with Crippen LogP contribution in [0.4, 0.5) is 4.39 Å². The van der Waals surface area contributed by atoms with Gasteiger partial charge in [0.25, 0.3) is 0 Å². The number of nitrogens with zero attached hydrogens (tertiary/aromatic N) is 2. The van der Waals surface area contributed by atoms with Gasteiger partial charge in [-0.15, -0.1) is 0 Å². The summed E-state index contributed by atoms with van der Waals surface area (Å²) in [6.45, 7) is 4.54. The predicted molar refractivity (Wildman–Crippen MR) is 124 cm³/mol. The normalized spacial score (nSPS) is 19.2. The lowest BCUT2D eigenvalue weighted by atomic mass is 9.79. The van der Waals surface area contributed by atoms with Crippen molar-refractivity contribution in [1.82, 2.24) is 10.2 Å². The topological polar surface area (TPSA) is 25.8 Å². The first-order chi connectivity index (χ1) is 14.7. The van der Waals surface area contributed by atoms with Crippen LogP contribution in [-0.4, -0.2) is 10.2 Å². The maximum absolute atomic E-state index is 14.7. The summed E-state index contributed by atoms with van der Waals surface area (Å²) in [5, 5.41) is 8.73. The standard InChI is InChI=1S/C27H39FN2/c1-3-5-6-7-8-9-23-15-18-25(26(28)20-23)27-19-17-24(29-30-27)16-14-22-12-10-21(4-2)11-13-22/h15,17-22H,3-14,16H2,1-2H3. The van der Waals surface area contributed by atoms with Gasteiger partial charge in [0.2, 0.25) is 0 Å². The Morgan fingerprint density at radius 2 is 1.60 bits per heavy atom. The molecule has 0 N–H and O–H groups in total. The molecule has 2 nitrogen and oxygen atoms in total. The predicted octanol–water partition coefficient (Wildman–Crippen LogP) is 7.94. The molecule has 1 heterocycles. The number of benzene rings is 1. The van der Waals surface area contributed by atoms with Crippen molar-refractivity contribution in [2.75, 3.05) is 0 Å². The number of hydrogen-bond donors (Lipinski definition) is 0. The summed E-state index contributed by atoms with van der Waals surface area (Å²) in [4.78, 5) is 0. The number of rotatable bonds is 11. The lowest BCUT2D eigenvalue weighted by Gasteiger charge is -2.27. The van der Waals surface area contributed by atoms with E-state index < -0.39 is 0 Å². The van der Waals surface area contributed by atoms with E-state index >= 15 is 0 Å². The van der Waals surface area contributed by atoms with Crippen LogP contribution in [0.25, 0.3) is 11.3 Å². The second-order valence-electron chi connectivity index (χ2n) is 9.22. The molecular weight excluding hydrogens is 371 g/mol. The van der Waals surface area contributed by atoms with E-state index in [0.717, 1.165) is 42.4 Å². The zero-order chi connectivity index (χ0) is 21.2. The van der Waals surface area contributed by atoms with Crippen molar-refractivity contribution < 1.29 is 4.39 Å². The molecule has 0 spiro atoms. The molecule has 1 aromatic carbocycles. The van der Waals surface area contributed by atoms with Crippen LogP contribution in [0.1, 0.15) is 95.7 Å². The van der Waals surface area contributed by atoms with Gasteiger partial charge in [-0.2, -0.15) is 10.2 Å². The van der Waals surface area contributed by atoms with Gasteiger partial charge in [0.15, 0.2) is 0 Å². The molecule has 30 heavy (non-hydrogen) atoms. The van der Waals surface area contributed by atoms with Gasteiger partial charge in [0.05, 0.1) is 11.4 Å². The van der Waals surface area contributed by atoms with Crippen LogP contribution in [0.5, 0.6) is 0 Å². The third-order valence-electron chi connectivity index (χ3n) is 6.95. The fourth-order valence-electron chi connectivity index (χ4n) is 4.77. The molecule has 0 amide bonds. The molecule has 164 valence electrons. The van der Waals surface area contributed by atoms with E-state index in [9.17, 15) is 4.39 Å². The zero-order valence-electron chi connectivity index (χ0n) is 19.0. The Morgan fingerprint density at radius 1 is 0.833 bits per heavy atom. The molecule has 0 atom stereocenters. The Labute approximate surface area is 182 Å². The lowest BCUT2D eigenvalue weighted by molar-refractivity contribution is 0.258. The highest BCUT2D eigenvalue weighted by Gasteiger charge is 2.20. The minimum atomic E-state index is -0.184. The van der Waals surface area contributed by atoms with Gasteiger partial charge in [-0.25, -0.2) is 4.39 Å². The smallest absolute Gasteiger partial charge is 0.132 e. The fraction of sp³-hybridized carbons (Fsp3) is 0.630. The summed E-state index contributed by atoms with van der Waals surface area (Å²) in [6, 6.07) is 9.55. The van der Waals surface area contributed by atoms with Crippen LogP contribution in [0.2, 0.25) is 0 Å². The molecule has 2 aromatic rings. The van der Waals surface area contributed by atoms with Crippen molar-refractivity contribution in [3.8, 4) is 11.3 Å². The first kappa shape index (κ1) is 22.9. The Balaban J connectivity index is 1.49. The summed E-state index contributed by atoms with van der Waals surface area (Å²) >= 11 is 0. The van der Waals surface area contributed by atoms with Gasteiger partial charge in [-0.1, -0.05) is 77.7 Å². The summed E-state index contributed by atoms with van der Waals surface area (Å²) in [6.07, 6.45) is 16.1. The van der Waals surface area contributed by atoms with Crippen LogP contribution in [0.3, 0.4) is 0 Å². The lowest BCUT2D eigenvalue weighted by Crippen LogP contribution is -2.14. The molecular formula is C27H39FN2. The molecule has 0 radical (unpaired) electrons. The molecule has 0 unspecified atom stereocenters. The van der Waals surface area contributed by atoms with Crippen LogP contribution < -0.4 is 0 Å². The van der Waals surface area contributed by atoms with Crippen molar-refractivity contribution in [3.05, 3.63) is 47.4 Å². The molecule has 1 saturated carbocycles. The molecule has 3 rings (SSSR count). The van der Waals surface area contributed by atoms with Crippen LogP contribution in [-0.2, 0) is 12.8 Å². The summed E-state index contributed by atoms with van der Waals surface area (Å²) < 4.78 is 14.7. The van der Waals surface area contributed by atoms with Crippen LogP contribution >= 0.6 is 0 Å². The highest BCUT2D eigenvalue weighted by atomic mass is 19.1. The summed E-state index contributed by atoms with van der Waals surface area (Å²) in [5.74, 6) is 1.60. The second kappa shape index (κ2) is 12.2. The number of hydrogen-bond acceptors (Lipinski definition) is 2. The molecule has 1 aliphatic carbocycles.